The molecular weight excluding hydrogens is 372 g/mol. The zero-order chi connectivity index (χ0) is 20.4. The van der Waals surface area contributed by atoms with Crippen LogP contribution in [0.25, 0.3) is 16.9 Å². The molecule has 0 atom stereocenters. The van der Waals surface area contributed by atoms with Gasteiger partial charge < -0.3 is 20.5 Å². The molecule has 4 rings (SSSR count). The molecule has 0 spiro atoms. The van der Waals surface area contributed by atoms with Crippen LogP contribution in [0.15, 0.2) is 55.0 Å². The highest BCUT2D eigenvalue weighted by atomic mass is 16.5. The lowest BCUT2D eigenvalue weighted by molar-refractivity contribution is 0.100. The number of rotatable bonds is 6. The van der Waals surface area contributed by atoms with Crippen LogP contribution < -0.4 is 20.5 Å². The highest BCUT2D eigenvalue weighted by molar-refractivity contribution is 5.98. The Morgan fingerprint density at radius 3 is 2.72 bits per heavy atom. The van der Waals surface area contributed by atoms with Gasteiger partial charge in [-0.3, -0.25) is 9.20 Å². The largest absolute Gasteiger partial charge is 0.497 e. The fourth-order valence-corrected chi connectivity index (χ4v) is 2.97. The second-order valence-corrected chi connectivity index (χ2v) is 6.08. The van der Waals surface area contributed by atoms with Gasteiger partial charge in [-0.1, -0.05) is 0 Å². The average Bonchev–Trinajstić information content (AvgIpc) is 3.22. The van der Waals surface area contributed by atoms with Crippen molar-refractivity contribution in [3.8, 4) is 22.8 Å². The zero-order valence-corrected chi connectivity index (χ0v) is 15.8. The van der Waals surface area contributed by atoms with Crippen LogP contribution in [0.4, 0.5) is 11.8 Å². The van der Waals surface area contributed by atoms with E-state index in [1.54, 1.807) is 55.4 Å². The minimum absolute atomic E-state index is 0.259. The number of hydrogen-bond acceptors (Lipinski definition) is 7. The lowest BCUT2D eigenvalue weighted by Crippen LogP contribution is -2.15. The third-order valence-corrected chi connectivity index (χ3v) is 4.38. The summed E-state index contributed by atoms with van der Waals surface area (Å²) in [5, 5.41) is 3.09. The van der Waals surface area contributed by atoms with Gasteiger partial charge >= 0.3 is 0 Å². The van der Waals surface area contributed by atoms with Crippen LogP contribution in [0.1, 0.15) is 10.4 Å². The normalized spacial score (nSPS) is 10.7. The number of nitrogens with zero attached hydrogens (tertiary/aromatic N) is 4. The smallest absolute Gasteiger partial charge is 0.252 e. The summed E-state index contributed by atoms with van der Waals surface area (Å²) in [5.74, 6) is 1.42. The summed E-state index contributed by atoms with van der Waals surface area (Å²) in [7, 11) is 3.17. The van der Waals surface area contributed by atoms with E-state index >= 15 is 0 Å². The first-order valence-electron chi connectivity index (χ1n) is 8.69. The van der Waals surface area contributed by atoms with Gasteiger partial charge in [-0.15, -0.1) is 0 Å². The molecule has 0 fully saturated rings. The molecule has 0 aliphatic heterocycles. The number of benzene rings is 1. The molecule has 9 nitrogen and oxygen atoms in total. The molecule has 0 saturated heterocycles. The molecule has 0 radical (unpaired) electrons. The number of pyridine rings is 1. The highest BCUT2D eigenvalue weighted by Crippen LogP contribution is 2.33. The number of nitrogens with one attached hydrogen (secondary N) is 1. The number of anilines is 2. The van der Waals surface area contributed by atoms with Gasteiger partial charge in [-0.05, 0) is 24.3 Å². The number of carbonyl (C=O) groups is 1. The Labute approximate surface area is 166 Å². The van der Waals surface area contributed by atoms with Crippen molar-refractivity contribution in [1.82, 2.24) is 19.4 Å². The Balaban J connectivity index is 1.85. The van der Waals surface area contributed by atoms with E-state index in [0.29, 0.717) is 34.6 Å². The molecule has 4 aromatic rings. The Bertz CT molecular complexity index is 1200. The molecule has 1 amide bonds. The molecule has 0 bridgehead atoms. The minimum Gasteiger partial charge on any atom is -0.497 e. The molecule has 9 heteroatoms. The van der Waals surface area contributed by atoms with Crippen molar-refractivity contribution >= 4 is 23.3 Å². The molecule has 3 N–H and O–H groups in total. The van der Waals surface area contributed by atoms with Gasteiger partial charge in [0.2, 0.25) is 5.95 Å². The number of imidazole rings is 1. The van der Waals surface area contributed by atoms with Gasteiger partial charge in [0.25, 0.3) is 5.91 Å². The number of carbonyl (C=O) groups excluding carboxylic acids is 1. The van der Waals surface area contributed by atoms with Crippen molar-refractivity contribution in [3.05, 3.63) is 60.6 Å². The lowest BCUT2D eigenvalue weighted by atomic mass is 10.1. The summed E-state index contributed by atoms with van der Waals surface area (Å²) in [4.78, 5) is 25.0. The van der Waals surface area contributed by atoms with Crippen LogP contribution in [0.2, 0.25) is 0 Å². The summed E-state index contributed by atoms with van der Waals surface area (Å²) in [6.07, 6.45) is 4.98. The van der Waals surface area contributed by atoms with Crippen LogP contribution >= 0.6 is 0 Å². The number of hydrogen-bond donors (Lipinski definition) is 2. The first-order chi connectivity index (χ1) is 14.1. The molecule has 0 unspecified atom stereocenters. The molecule has 0 aliphatic carbocycles. The van der Waals surface area contributed by atoms with Crippen molar-refractivity contribution in [3.63, 3.8) is 0 Å². The summed E-state index contributed by atoms with van der Waals surface area (Å²) >= 11 is 0. The Morgan fingerprint density at radius 2 is 1.97 bits per heavy atom. The maximum absolute atomic E-state index is 11.7. The third-order valence-electron chi connectivity index (χ3n) is 4.38. The Hall–Kier alpha value is -4.14. The van der Waals surface area contributed by atoms with Crippen LogP contribution in [0, 0.1) is 0 Å². The van der Waals surface area contributed by atoms with E-state index in [0.717, 1.165) is 5.56 Å². The van der Waals surface area contributed by atoms with Gasteiger partial charge in [-0.2, -0.15) is 0 Å². The van der Waals surface area contributed by atoms with E-state index in [2.05, 4.69) is 15.3 Å². The van der Waals surface area contributed by atoms with Gasteiger partial charge in [0.15, 0.2) is 0 Å². The van der Waals surface area contributed by atoms with Crippen molar-refractivity contribution in [2.75, 3.05) is 19.5 Å². The fourth-order valence-electron chi connectivity index (χ4n) is 2.97. The van der Waals surface area contributed by atoms with Gasteiger partial charge in [0.05, 0.1) is 25.5 Å². The second-order valence-electron chi connectivity index (χ2n) is 6.08. The number of amides is 1. The van der Waals surface area contributed by atoms with Crippen LogP contribution in [-0.2, 0) is 0 Å². The van der Waals surface area contributed by atoms with Crippen LogP contribution in [0.5, 0.6) is 11.5 Å². The average molecular weight is 390 g/mol. The number of nitrogens with two attached hydrogens (primary N) is 1. The Kier molecular flexibility index (Phi) is 4.70. The van der Waals surface area contributed by atoms with E-state index in [4.69, 9.17) is 20.2 Å². The van der Waals surface area contributed by atoms with Crippen LogP contribution in [0.3, 0.4) is 0 Å². The van der Waals surface area contributed by atoms with Gasteiger partial charge in [0, 0.05) is 36.3 Å². The predicted molar refractivity (Wildman–Crippen MR) is 108 cm³/mol. The van der Waals surface area contributed by atoms with Crippen molar-refractivity contribution < 1.29 is 14.3 Å². The SMILES string of the molecule is COc1ccc(-c2cc3nccn3c(Nc3ncccc3C(N)=O)n2)c(OC)c1. The zero-order valence-electron chi connectivity index (χ0n) is 15.8. The highest BCUT2D eigenvalue weighted by Gasteiger charge is 2.15. The summed E-state index contributed by atoms with van der Waals surface area (Å²) in [5.41, 5.74) is 7.77. The van der Waals surface area contributed by atoms with E-state index in [-0.39, 0.29) is 5.56 Å². The number of fused-ring (bicyclic) bond motifs is 1. The second kappa shape index (κ2) is 7.47. The molecule has 29 heavy (non-hydrogen) atoms. The van der Waals surface area contributed by atoms with Gasteiger partial charge in [-0.25, -0.2) is 15.0 Å². The van der Waals surface area contributed by atoms with Crippen LogP contribution in [-0.4, -0.2) is 39.5 Å². The molecule has 0 saturated carbocycles. The topological polar surface area (TPSA) is 117 Å². The van der Waals surface area contributed by atoms with Crippen molar-refractivity contribution in [2.24, 2.45) is 5.73 Å². The fraction of sp³-hybridized carbons (Fsp3) is 0.100. The Morgan fingerprint density at radius 1 is 1.10 bits per heavy atom. The molecule has 3 heterocycles. The molecule has 3 aromatic heterocycles. The third kappa shape index (κ3) is 3.41. The van der Waals surface area contributed by atoms with Crippen molar-refractivity contribution in [2.45, 2.75) is 0 Å². The number of aromatic nitrogens is 4. The first-order valence-corrected chi connectivity index (χ1v) is 8.69. The number of methoxy groups -OCH3 is 2. The van der Waals surface area contributed by atoms with E-state index < -0.39 is 5.91 Å². The maximum atomic E-state index is 11.7. The van der Waals surface area contributed by atoms with E-state index in [1.165, 1.54) is 0 Å². The lowest BCUT2D eigenvalue weighted by Gasteiger charge is -2.14. The monoisotopic (exact) mass is 390 g/mol. The quantitative estimate of drug-likeness (QED) is 0.520. The first kappa shape index (κ1) is 18.2. The molecule has 1 aromatic carbocycles. The van der Waals surface area contributed by atoms with E-state index in [1.807, 2.05) is 18.2 Å². The van der Waals surface area contributed by atoms with E-state index in [9.17, 15) is 4.79 Å². The molecular formula is C20H18N6O3. The maximum Gasteiger partial charge on any atom is 0.252 e. The van der Waals surface area contributed by atoms with Crippen molar-refractivity contribution in [1.29, 1.82) is 0 Å². The number of primary amides is 1. The number of ether oxygens (including phenoxy) is 2. The molecule has 0 aliphatic rings. The standard InChI is InChI=1S/C20H18N6O3/c1-28-12-5-6-13(16(10-12)29-2)15-11-17-22-8-9-26(17)20(24-15)25-19-14(18(21)27)4-3-7-23-19/h3-11H,1-2H3,(H2,21,27)(H,23,24,25). The van der Waals surface area contributed by atoms with Gasteiger partial charge in [0.1, 0.15) is 23.0 Å². The summed E-state index contributed by atoms with van der Waals surface area (Å²) in [6.45, 7) is 0. The summed E-state index contributed by atoms with van der Waals surface area (Å²) < 4.78 is 12.5. The molecule has 146 valence electrons. The summed E-state index contributed by atoms with van der Waals surface area (Å²) in [6, 6.07) is 10.5. The minimum atomic E-state index is -0.588. The predicted octanol–water partition coefficient (Wildman–Crippen LogP) is 2.65.